The van der Waals surface area contributed by atoms with E-state index in [1.807, 2.05) is 0 Å². The number of alkyl halides is 2. The van der Waals surface area contributed by atoms with Crippen LogP contribution in [-0.2, 0) is 0 Å². The van der Waals surface area contributed by atoms with E-state index in [0.29, 0.717) is 5.56 Å². The molecule has 0 heterocycles. The summed E-state index contributed by atoms with van der Waals surface area (Å²) in [7, 11) is 0. The standard InChI is InChI=1S/C9H10F3N/c1-5-4-6(2-3-7(5)10)8(13)9(11)12/h2-4,8-9H,13H2,1H3. The maximum Gasteiger partial charge on any atom is 0.257 e. The summed E-state index contributed by atoms with van der Waals surface area (Å²) >= 11 is 0. The van der Waals surface area contributed by atoms with Gasteiger partial charge in [0.1, 0.15) is 5.82 Å². The summed E-state index contributed by atoms with van der Waals surface area (Å²) in [5.74, 6) is -0.412. The molecular formula is C9H10F3N. The second-order valence-corrected chi connectivity index (χ2v) is 2.87. The first-order chi connectivity index (χ1) is 6.02. The van der Waals surface area contributed by atoms with Gasteiger partial charge in [0, 0.05) is 0 Å². The van der Waals surface area contributed by atoms with Gasteiger partial charge >= 0.3 is 0 Å². The molecule has 1 unspecified atom stereocenters. The third-order valence-corrected chi connectivity index (χ3v) is 1.84. The lowest BCUT2D eigenvalue weighted by molar-refractivity contribution is 0.116. The summed E-state index contributed by atoms with van der Waals surface area (Å²) in [6.45, 7) is 1.51. The second kappa shape index (κ2) is 3.79. The minimum absolute atomic E-state index is 0.258. The Bertz CT molecular complexity index is 299. The minimum atomic E-state index is -2.62. The van der Waals surface area contributed by atoms with Crippen LogP contribution in [0.2, 0.25) is 0 Å². The molecule has 0 saturated carbocycles. The molecule has 0 amide bonds. The fourth-order valence-corrected chi connectivity index (χ4v) is 1.02. The number of nitrogens with two attached hydrogens (primary N) is 1. The fraction of sp³-hybridized carbons (Fsp3) is 0.333. The highest BCUT2D eigenvalue weighted by molar-refractivity contribution is 5.26. The van der Waals surface area contributed by atoms with Gasteiger partial charge in [0.2, 0.25) is 0 Å². The zero-order valence-corrected chi connectivity index (χ0v) is 7.10. The van der Waals surface area contributed by atoms with Crippen molar-refractivity contribution in [2.24, 2.45) is 5.73 Å². The van der Waals surface area contributed by atoms with E-state index in [4.69, 9.17) is 5.73 Å². The van der Waals surface area contributed by atoms with Crippen LogP contribution >= 0.6 is 0 Å². The van der Waals surface area contributed by atoms with Gasteiger partial charge in [0.15, 0.2) is 0 Å². The predicted octanol–water partition coefficient (Wildman–Crippen LogP) is 2.40. The Balaban J connectivity index is 2.97. The molecule has 0 fully saturated rings. The molecule has 0 aliphatic carbocycles. The lowest BCUT2D eigenvalue weighted by atomic mass is 10.1. The zero-order valence-electron chi connectivity index (χ0n) is 7.10. The number of aryl methyl sites for hydroxylation is 1. The molecular weight excluding hydrogens is 179 g/mol. The first kappa shape index (κ1) is 10.1. The van der Waals surface area contributed by atoms with E-state index >= 15 is 0 Å². The van der Waals surface area contributed by atoms with Crippen LogP contribution in [0.15, 0.2) is 18.2 Å². The average molecular weight is 189 g/mol. The first-order valence-corrected chi connectivity index (χ1v) is 3.82. The summed E-state index contributed by atoms with van der Waals surface area (Å²) in [6, 6.07) is 2.43. The summed E-state index contributed by atoms with van der Waals surface area (Å²) in [5, 5.41) is 0. The minimum Gasteiger partial charge on any atom is -0.319 e. The van der Waals surface area contributed by atoms with Crippen molar-refractivity contribution in [2.75, 3.05) is 0 Å². The number of rotatable bonds is 2. The molecule has 0 aliphatic heterocycles. The van der Waals surface area contributed by atoms with Gasteiger partial charge < -0.3 is 5.73 Å². The van der Waals surface area contributed by atoms with Crippen molar-refractivity contribution in [1.82, 2.24) is 0 Å². The Labute approximate surface area is 74.4 Å². The number of halogens is 3. The molecule has 1 atom stereocenters. The fourth-order valence-electron chi connectivity index (χ4n) is 1.02. The van der Waals surface area contributed by atoms with Crippen LogP contribution in [-0.4, -0.2) is 6.43 Å². The Hall–Kier alpha value is -1.03. The van der Waals surface area contributed by atoms with Crippen molar-refractivity contribution >= 4 is 0 Å². The number of hydrogen-bond acceptors (Lipinski definition) is 1. The lowest BCUT2D eigenvalue weighted by Crippen LogP contribution is -2.19. The van der Waals surface area contributed by atoms with Crippen LogP contribution in [0.3, 0.4) is 0 Å². The molecule has 1 aromatic rings. The van der Waals surface area contributed by atoms with E-state index in [0.717, 1.165) is 6.07 Å². The normalized spacial score (nSPS) is 13.4. The van der Waals surface area contributed by atoms with Crippen molar-refractivity contribution < 1.29 is 13.2 Å². The highest BCUT2D eigenvalue weighted by atomic mass is 19.3. The summed E-state index contributed by atoms with van der Waals surface area (Å²) in [6.07, 6.45) is -2.62. The van der Waals surface area contributed by atoms with Gasteiger partial charge in [-0.15, -0.1) is 0 Å². The SMILES string of the molecule is Cc1cc(C(N)C(F)F)ccc1F. The third-order valence-electron chi connectivity index (χ3n) is 1.84. The van der Waals surface area contributed by atoms with E-state index in [1.54, 1.807) is 0 Å². The average Bonchev–Trinajstić information content (AvgIpc) is 2.08. The van der Waals surface area contributed by atoms with Crippen molar-refractivity contribution in [1.29, 1.82) is 0 Å². The molecule has 0 radical (unpaired) electrons. The molecule has 0 aliphatic rings. The first-order valence-electron chi connectivity index (χ1n) is 3.82. The lowest BCUT2D eigenvalue weighted by Gasteiger charge is -2.11. The van der Waals surface area contributed by atoms with Gasteiger partial charge in [-0.2, -0.15) is 0 Å². The molecule has 0 bridgehead atoms. The van der Waals surface area contributed by atoms with Crippen LogP contribution in [0.5, 0.6) is 0 Å². The maximum atomic E-state index is 12.7. The molecule has 2 N–H and O–H groups in total. The number of hydrogen-bond donors (Lipinski definition) is 1. The van der Waals surface area contributed by atoms with Gasteiger partial charge in [0.05, 0.1) is 6.04 Å². The maximum absolute atomic E-state index is 12.7. The second-order valence-electron chi connectivity index (χ2n) is 2.87. The summed E-state index contributed by atoms with van der Waals surface area (Å²) in [4.78, 5) is 0. The van der Waals surface area contributed by atoms with Gasteiger partial charge in [-0.1, -0.05) is 12.1 Å². The van der Waals surface area contributed by atoms with E-state index in [9.17, 15) is 13.2 Å². The monoisotopic (exact) mass is 189 g/mol. The van der Waals surface area contributed by atoms with Gasteiger partial charge in [-0.25, -0.2) is 13.2 Å². The molecule has 13 heavy (non-hydrogen) atoms. The largest absolute Gasteiger partial charge is 0.319 e. The molecule has 0 saturated heterocycles. The van der Waals surface area contributed by atoms with Crippen LogP contribution in [0.1, 0.15) is 17.2 Å². The number of benzene rings is 1. The zero-order chi connectivity index (χ0) is 10.0. The van der Waals surface area contributed by atoms with E-state index in [1.165, 1.54) is 19.1 Å². The molecule has 4 heteroatoms. The summed E-state index contributed by atoms with van der Waals surface area (Å²) in [5.41, 5.74) is 5.77. The topological polar surface area (TPSA) is 26.0 Å². The van der Waals surface area contributed by atoms with Gasteiger partial charge in [0.25, 0.3) is 6.43 Å². The van der Waals surface area contributed by atoms with Gasteiger partial charge in [-0.05, 0) is 24.1 Å². The molecule has 72 valence electrons. The van der Waals surface area contributed by atoms with Crippen LogP contribution in [0.25, 0.3) is 0 Å². The Morgan fingerprint density at radius 2 is 1.92 bits per heavy atom. The smallest absolute Gasteiger partial charge is 0.257 e. The molecule has 1 aromatic carbocycles. The Morgan fingerprint density at radius 1 is 1.31 bits per heavy atom. The van der Waals surface area contributed by atoms with E-state index < -0.39 is 18.3 Å². The van der Waals surface area contributed by atoms with Crippen molar-refractivity contribution in [3.8, 4) is 0 Å². The molecule has 0 aromatic heterocycles. The predicted molar refractivity (Wildman–Crippen MR) is 44.1 cm³/mol. The van der Waals surface area contributed by atoms with E-state index in [-0.39, 0.29) is 5.56 Å². The third kappa shape index (κ3) is 2.21. The molecule has 0 spiro atoms. The van der Waals surface area contributed by atoms with Crippen LogP contribution in [0, 0.1) is 12.7 Å². The van der Waals surface area contributed by atoms with Crippen molar-refractivity contribution in [3.05, 3.63) is 35.1 Å². The Morgan fingerprint density at radius 3 is 2.38 bits per heavy atom. The highest BCUT2D eigenvalue weighted by Crippen LogP contribution is 2.19. The Kier molecular flexibility index (Phi) is 2.93. The van der Waals surface area contributed by atoms with E-state index in [2.05, 4.69) is 0 Å². The quantitative estimate of drug-likeness (QED) is 0.759. The van der Waals surface area contributed by atoms with Crippen molar-refractivity contribution in [3.63, 3.8) is 0 Å². The van der Waals surface area contributed by atoms with Crippen molar-refractivity contribution in [2.45, 2.75) is 19.4 Å². The van der Waals surface area contributed by atoms with Crippen LogP contribution in [0.4, 0.5) is 13.2 Å². The molecule has 1 rings (SSSR count). The van der Waals surface area contributed by atoms with Gasteiger partial charge in [-0.3, -0.25) is 0 Å². The van der Waals surface area contributed by atoms with Crippen LogP contribution < -0.4 is 5.73 Å². The highest BCUT2D eigenvalue weighted by Gasteiger charge is 2.17. The summed E-state index contributed by atoms with van der Waals surface area (Å²) < 4.78 is 37.0. The molecule has 1 nitrogen and oxygen atoms in total.